The minimum Gasteiger partial charge on any atom is -0.492 e. The number of carbonyl (C=O) groups excluding carboxylic acids is 1. The molecule has 3 aliphatic rings. The van der Waals surface area contributed by atoms with Crippen molar-refractivity contribution in [2.24, 2.45) is 5.92 Å². The summed E-state index contributed by atoms with van der Waals surface area (Å²) in [5.41, 5.74) is 1.92. The van der Waals surface area contributed by atoms with Crippen molar-refractivity contribution in [3.63, 3.8) is 0 Å². The number of fused-ring (bicyclic) bond motifs is 3. The summed E-state index contributed by atoms with van der Waals surface area (Å²) in [4.78, 5) is 14.6. The van der Waals surface area contributed by atoms with E-state index in [0.29, 0.717) is 12.4 Å². The van der Waals surface area contributed by atoms with Crippen LogP contribution in [0.25, 0.3) is 6.08 Å². The van der Waals surface area contributed by atoms with Gasteiger partial charge in [-0.05, 0) is 59.0 Å². The number of ketones is 1. The second-order valence-corrected chi connectivity index (χ2v) is 6.55. The van der Waals surface area contributed by atoms with Crippen LogP contribution in [0.15, 0.2) is 28.4 Å². The highest BCUT2D eigenvalue weighted by Gasteiger charge is 2.36. The predicted octanol–water partition coefficient (Wildman–Crippen LogP) is 3.87. The number of nitrogens with zero attached hydrogens (tertiary/aromatic N) is 1. The van der Waals surface area contributed by atoms with Gasteiger partial charge < -0.3 is 9.64 Å². The number of Topliss-reactive ketones (excluding diaryl/α,β-unsaturated/α-hetero) is 1. The highest BCUT2D eigenvalue weighted by atomic mass is 79.9. The lowest BCUT2D eigenvalue weighted by atomic mass is 9.84. The van der Waals surface area contributed by atoms with Gasteiger partial charge >= 0.3 is 0 Å². The summed E-state index contributed by atoms with van der Waals surface area (Å²) in [6.07, 6.45) is 5.04. The lowest BCUT2D eigenvalue weighted by Gasteiger charge is -2.41. The lowest BCUT2D eigenvalue weighted by molar-refractivity contribution is -0.125. The van der Waals surface area contributed by atoms with Gasteiger partial charge in [0.25, 0.3) is 0 Å². The summed E-state index contributed by atoms with van der Waals surface area (Å²) >= 11 is 3.55. The van der Waals surface area contributed by atoms with E-state index in [1.165, 1.54) is 0 Å². The fourth-order valence-corrected chi connectivity index (χ4v) is 3.51. The van der Waals surface area contributed by atoms with Crippen molar-refractivity contribution in [3.05, 3.63) is 33.9 Å². The second-order valence-electron chi connectivity index (χ2n) is 5.69. The average molecular weight is 350 g/mol. The van der Waals surface area contributed by atoms with Gasteiger partial charge in [0.15, 0.2) is 5.78 Å². The quantitative estimate of drug-likeness (QED) is 0.772. The molecule has 0 radical (unpaired) electrons. The van der Waals surface area contributed by atoms with Crippen molar-refractivity contribution < 1.29 is 9.53 Å². The first-order valence-corrected chi connectivity index (χ1v) is 8.41. The van der Waals surface area contributed by atoms with E-state index in [4.69, 9.17) is 4.74 Å². The summed E-state index contributed by atoms with van der Waals surface area (Å²) in [5, 5.41) is 0. The predicted molar refractivity (Wildman–Crippen MR) is 87.2 cm³/mol. The Bertz CT molecular complexity index is 574. The Morgan fingerprint density at radius 1 is 1.38 bits per heavy atom. The molecule has 2 bridgehead atoms. The van der Waals surface area contributed by atoms with E-state index in [1.807, 2.05) is 24.3 Å². The van der Waals surface area contributed by atoms with Crippen LogP contribution < -0.4 is 4.74 Å². The topological polar surface area (TPSA) is 29.5 Å². The van der Waals surface area contributed by atoms with Crippen molar-refractivity contribution in [2.75, 3.05) is 19.7 Å². The van der Waals surface area contributed by atoms with Crippen LogP contribution >= 0.6 is 15.9 Å². The van der Waals surface area contributed by atoms with Gasteiger partial charge in [0.2, 0.25) is 0 Å². The molecule has 1 aromatic rings. The van der Waals surface area contributed by atoms with Crippen molar-refractivity contribution in [3.8, 4) is 5.75 Å². The molecule has 0 spiro atoms. The summed E-state index contributed by atoms with van der Waals surface area (Å²) in [6.45, 7) is 4.83. The van der Waals surface area contributed by atoms with Crippen LogP contribution in [0.1, 0.15) is 31.7 Å². The van der Waals surface area contributed by atoms with E-state index >= 15 is 0 Å². The fraction of sp³-hybridized carbons (Fsp3) is 0.471. The Labute approximate surface area is 134 Å². The molecule has 0 amide bonds. The van der Waals surface area contributed by atoms with E-state index in [-0.39, 0.29) is 5.92 Å². The van der Waals surface area contributed by atoms with Gasteiger partial charge in [-0.2, -0.15) is 0 Å². The molecule has 0 atom stereocenters. The van der Waals surface area contributed by atoms with Crippen molar-refractivity contribution in [1.29, 1.82) is 0 Å². The van der Waals surface area contributed by atoms with Gasteiger partial charge in [-0.15, -0.1) is 0 Å². The molecule has 3 aliphatic heterocycles. The molecule has 0 N–H and O–H groups in total. The van der Waals surface area contributed by atoms with E-state index in [0.717, 1.165) is 53.8 Å². The van der Waals surface area contributed by atoms with Gasteiger partial charge in [-0.25, -0.2) is 0 Å². The largest absolute Gasteiger partial charge is 0.492 e. The number of piperidine rings is 3. The van der Waals surface area contributed by atoms with E-state index in [1.54, 1.807) is 0 Å². The van der Waals surface area contributed by atoms with Gasteiger partial charge in [0.05, 0.1) is 16.8 Å². The lowest BCUT2D eigenvalue weighted by Crippen LogP contribution is -2.45. The first kappa shape index (κ1) is 14.6. The molecule has 0 aromatic heterocycles. The smallest absolute Gasteiger partial charge is 0.182 e. The van der Waals surface area contributed by atoms with Crippen molar-refractivity contribution in [1.82, 2.24) is 4.90 Å². The summed E-state index contributed by atoms with van der Waals surface area (Å²) in [5.74, 6) is 1.42. The van der Waals surface area contributed by atoms with Crippen LogP contribution in [0.2, 0.25) is 0 Å². The van der Waals surface area contributed by atoms with E-state index < -0.39 is 0 Å². The maximum absolute atomic E-state index is 12.3. The zero-order chi connectivity index (χ0) is 14.8. The Morgan fingerprint density at radius 2 is 2.14 bits per heavy atom. The molecule has 0 unspecified atom stereocenters. The summed E-state index contributed by atoms with van der Waals surface area (Å²) in [7, 11) is 0. The van der Waals surface area contributed by atoms with Gasteiger partial charge in [0.1, 0.15) is 5.75 Å². The third kappa shape index (κ3) is 3.00. The molecule has 21 heavy (non-hydrogen) atoms. The van der Waals surface area contributed by atoms with Crippen molar-refractivity contribution in [2.45, 2.75) is 26.2 Å². The molecule has 0 saturated carbocycles. The zero-order valence-corrected chi connectivity index (χ0v) is 13.9. The molecule has 4 heteroatoms. The van der Waals surface area contributed by atoms with Gasteiger partial charge in [-0.1, -0.05) is 13.0 Å². The minimum atomic E-state index is 0.247. The monoisotopic (exact) mass is 349 g/mol. The molecule has 4 rings (SSSR count). The second kappa shape index (κ2) is 6.22. The average Bonchev–Trinajstić information content (AvgIpc) is 2.50. The number of carbonyl (C=O) groups is 1. The Hall–Kier alpha value is -1.29. The fourth-order valence-electron chi connectivity index (χ4n) is 3.00. The van der Waals surface area contributed by atoms with Crippen LogP contribution in [-0.4, -0.2) is 30.4 Å². The SMILES string of the molecule is CCCOc1ccc(/C=C2/C(=O)C3CCN2CC3)cc1Br. The summed E-state index contributed by atoms with van der Waals surface area (Å²) in [6, 6.07) is 6.00. The van der Waals surface area contributed by atoms with Crippen molar-refractivity contribution >= 4 is 27.8 Å². The molecule has 3 saturated heterocycles. The van der Waals surface area contributed by atoms with E-state index in [9.17, 15) is 4.79 Å². The number of rotatable bonds is 4. The highest BCUT2D eigenvalue weighted by Crippen LogP contribution is 2.33. The number of halogens is 1. The molecule has 3 nitrogen and oxygen atoms in total. The zero-order valence-electron chi connectivity index (χ0n) is 12.3. The third-order valence-electron chi connectivity index (χ3n) is 4.18. The standard InChI is InChI=1S/C17H20BrNO2/c1-2-9-21-16-4-3-12(10-14(16)18)11-15-17(20)13-5-7-19(15)8-6-13/h3-4,10-11,13H,2,5-9H2,1H3/b15-11-. The molecular formula is C17H20BrNO2. The maximum atomic E-state index is 12.3. The van der Waals surface area contributed by atoms with Crippen LogP contribution in [0.5, 0.6) is 5.75 Å². The van der Waals surface area contributed by atoms with E-state index in [2.05, 4.69) is 27.8 Å². The van der Waals surface area contributed by atoms with Crippen LogP contribution in [0.4, 0.5) is 0 Å². The first-order valence-electron chi connectivity index (χ1n) is 7.62. The van der Waals surface area contributed by atoms with Gasteiger partial charge in [0, 0.05) is 19.0 Å². The van der Waals surface area contributed by atoms with Gasteiger partial charge in [-0.3, -0.25) is 4.79 Å². The molecule has 0 aliphatic carbocycles. The number of benzene rings is 1. The Kier molecular flexibility index (Phi) is 4.34. The Balaban J connectivity index is 1.82. The first-order chi connectivity index (χ1) is 10.2. The van der Waals surface area contributed by atoms with Crippen LogP contribution in [-0.2, 0) is 4.79 Å². The van der Waals surface area contributed by atoms with Crippen LogP contribution in [0, 0.1) is 5.92 Å². The number of hydrogen-bond donors (Lipinski definition) is 0. The minimum absolute atomic E-state index is 0.247. The number of hydrogen-bond acceptors (Lipinski definition) is 3. The number of allylic oxidation sites excluding steroid dienone is 1. The Morgan fingerprint density at radius 3 is 2.76 bits per heavy atom. The highest BCUT2D eigenvalue weighted by molar-refractivity contribution is 9.10. The normalized spacial score (nSPS) is 20.4. The molecule has 3 fully saturated rings. The van der Waals surface area contributed by atoms with Crippen LogP contribution in [0.3, 0.4) is 0 Å². The summed E-state index contributed by atoms with van der Waals surface area (Å²) < 4.78 is 6.60. The molecular weight excluding hydrogens is 330 g/mol. The maximum Gasteiger partial charge on any atom is 0.182 e. The third-order valence-corrected chi connectivity index (χ3v) is 4.80. The molecule has 112 valence electrons. The molecule has 1 aromatic carbocycles. The number of ether oxygens (including phenoxy) is 1. The molecule has 3 heterocycles.